The molecule has 14 heavy (non-hydrogen) atoms. The van der Waals surface area contributed by atoms with E-state index >= 15 is 0 Å². The van der Waals surface area contributed by atoms with E-state index in [2.05, 4.69) is 10.5 Å². The summed E-state index contributed by atoms with van der Waals surface area (Å²) in [4.78, 5) is 10.6. The fourth-order valence-corrected chi connectivity index (χ4v) is 1.87. The van der Waals surface area contributed by atoms with Crippen LogP contribution in [0.25, 0.3) is 0 Å². The van der Waals surface area contributed by atoms with Crippen LogP contribution in [0.3, 0.4) is 0 Å². The lowest BCUT2D eigenvalue weighted by Gasteiger charge is -2.08. The summed E-state index contributed by atoms with van der Waals surface area (Å²) in [5.41, 5.74) is 2.44. The first-order chi connectivity index (χ1) is 6.75. The average molecular weight is 218 g/mol. The topological polar surface area (TPSA) is 80.2 Å². The molecule has 0 saturated carbocycles. The number of carboxylic acids is 1. The Labute approximate surface area is 84.8 Å². The molecule has 2 N–H and O–H groups in total. The third-order valence-corrected chi connectivity index (χ3v) is 2.75. The molecule has 0 spiro atoms. The fourth-order valence-electron chi connectivity index (χ4n) is 1.18. The van der Waals surface area contributed by atoms with Gasteiger partial charge >= 0.3 is 5.97 Å². The number of nitrogens with zero attached hydrogens (tertiary/aromatic N) is 1. The van der Waals surface area contributed by atoms with Crippen LogP contribution >= 0.6 is 12.0 Å². The highest BCUT2D eigenvalue weighted by Gasteiger charge is 2.29. The third-order valence-electron chi connectivity index (χ3n) is 1.90. The number of carbonyl (C=O) groups is 1. The molecule has 7 heteroatoms. The third kappa shape index (κ3) is 2.10. The van der Waals surface area contributed by atoms with Gasteiger partial charge in [-0.25, -0.2) is 4.79 Å². The SMILES string of the molecule is O=C(O)C1CC(OC2CCOS2)=NN1. The zero-order valence-electron chi connectivity index (χ0n) is 7.30. The molecule has 6 nitrogen and oxygen atoms in total. The summed E-state index contributed by atoms with van der Waals surface area (Å²) in [6.45, 7) is 0.665. The maximum Gasteiger partial charge on any atom is 0.328 e. The Balaban J connectivity index is 1.80. The predicted molar refractivity (Wildman–Crippen MR) is 49.6 cm³/mol. The molecular formula is C7H10N2O4S. The number of aliphatic carboxylic acids is 1. The minimum absolute atomic E-state index is 0.0527. The maximum absolute atomic E-state index is 10.6. The molecule has 0 radical (unpaired) electrons. The van der Waals surface area contributed by atoms with Crippen molar-refractivity contribution in [3.05, 3.63) is 0 Å². The summed E-state index contributed by atoms with van der Waals surface area (Å²) < 4.78 is 10.5. The Hall–Kier alpha value is -0.950. The number of ether oxygens (including phenoxy) is 1. The molecule has 0 amide bonds. The van der Waals surface area contributed by atoms with E-state index in [4.69, 9.17) is 14.0 Å². The monoisotopic (exact) mass is 218 g/mol. The van der Waals surface area contributed by atoms with Gasteiger partial charge in [0, 0.05) is 18.5 Å². The quantitative estimate of drug-likeness (QED) is 0.642. The molecule has 0 aromatic rings. The molecule has 1 saturated heterocycles. The molecule has 2 heterocycles. The molecule has 2 rings (SSSR count). The van der Waals surface area contributed by atoms with Gasteiger partial charge in [0.2, 0.25) is 5.90 Å². The molecule has 2 aliphatic heterocycles. The summed E-state index contributed by atoms with van der Waals surface area (Å²) in [6.07, 6.45) is 1.10. The summed E-state index contributed by atoms with van der Waals surface area (Å²) in [7, 11) is 0. The summed E-state index contributed by atoms with van der Waals surface area (Å²) in [5.74, 6) is -0.469. The zero-order chi connectivity index (χ0) is 9.97. The van der Waals surface area contributed by atoms with Crippen LogP contribution in [0, 0.1) is 0 Å². The van der Waals surface area contributed by atoms with Crippen LogP contribution in [0.4, 0.5) is 0 Å². The van der Waals surface area contributed by atoms with Gasteiger partial charge in [0.15, 0.2) is 5.44 Å². The Bertz CT molecular complexity index is 264. The smallest absolute Gasteiger partial charge is 0.328 e. The number of hydrogen-bond acceptors (Lipinski definition) is 6. The van der Waals surface area contributed by atoms with E-state index < -0.39 is 12.0 Å². The van der Waals surface area contributed by atoms with Crippen molar-refractivity contribution < 1.29 is 18.8 Å². The molecule has 2 atom stereocenters. The Morgan fingerprint density at radius 3 is 3.21 bits per heavy atom. The van der Waals surface area contributed by atoms with Crippen LogP contribution in [-0.2, 0) is 13.7 Å². The highest BCUT2D eigenvalue weighted by molar-refractivity contribution is 7.95. The first-order valence-electron chi connectivity index (χ1n) is 4.25. The lowest BCUT2D eigenvalue weighted by atomic mass is 10.2. The number of nitrogens with one attached hydrogen (secondary N) is 1. The Morgan fingerprint density at radius 2 is 2.64 bits per heavy atom. The van der Waals surface area contributed by atoms with Crippen LogP contribution in [0.2, 0.25) is 0 Å². The number of hydrazone groups is 1. The van der Waals surface area contributed by atoms with Gasteiger partial charge in [0.05, 0.1) is 13.0 Å². The van der Waals surface area contributed by atoms with E-state index in [1.165, 1.54) is 12.0 Å². The summed E-state index contributed by atoms with van der Waals surface area (Å²) in [6, 6.07) is -0.655. The lowest BCUT2D eigenvalue weighted by molar-refractivity contribution is -0.139. The molecule has 0 aliphatic carbocycles. The predicted octanol–water partition coefficient (Wildman–Crippen LogP) is 0.158. The molecule has 0 aromatic carbocycles. The van der Waals surface area contributed by atoms with E-state index in [9.17, 15) is 4.79 Å². The second-order valence-corrected chi connectivity index (χ2v) is 3.94. The highest BCUT2D eigenvalue weighted by atomic mass is 32.2. The lowest BCUT2D eigenvalue weighted by Crippen LogP contribution is -2.29. The van der Waals surface area contributed by atoms with Crippen molar-refractivity contribution in [1.29, 1.82) is 0 Å². The molecule has 78 valence electrons. The minimum Gasteiger partial charge on any atom is -0.480 e. The molecule has 1 fully saturated rings. The van der Waals surface area contributed by atoms with Crippen LogP contribution in [-0.4, -0.2) is 35.1 Å². The van der Waals surface area contributed by atoms with Gasteiger partial charge in [0.1, 0.15) is 6.04 Å². The first-order valence-corrected chi connectivity index (χ1v) is 5.06. The van der Waals surface area contributed by atoms with Crippen molar-refractivity contribution in [1.82, 2.24) is 5.43 Å². The van der Waals surface area contributed by atoms with Gasteiger partial charge in [0.25, 0.3) is 0 Å². The molecule has 2 unspecified atom stereocenters. The number of carboxylic acid groups (broad SMARTS) is 1. The van der Waals surface area contributed by atoms with Gasteiger partial charge in [-0.2, -0.15) is 0 Å². The van der Waals surface area contributed by atoms with Gasteiger partial charge in [-0.15, -0.1) is 5.10 Å². The standard InChI is InChI=1S/C7H10N2O4S/c10-7(11)4-3-5(9-8-4)13-6-1-2-12-14-6/h4,6,8H,1-3H2,(H,10,11). The van der Waals surface area contributed by atoms with Crippen molar-refractivity contribution in [2.45, 2.75) is 24.3 Å². The van der Waals surface area contributed by atoms with Crippen molar-refractivity contribution >= 4 is 23.9 Å². The maximum atomic E-state index is 10.6. The van der Waals surface area contributed by atoms with E-state index in [1.54, 1.807) is 0 Å². The van der Waals surface area contributed by atoms with Crippen molar-refractivity contribution in [2.24, 2.45) is 5.10 Å². The van der Waals surface area contributed by atoms with Crippen LogP contribution in [0.5, 0.6) is 0 Å². The molecule has 2 aliphatic rings. The molecule has 0 aromatic heterocycles. The number of hydrogen-bond donors (Lipinski definition) is 2. The summed E-state index contributed by atoms with van der Waals surface area (Å²) >= 11 is 1.26. The molecular weight excluding hydrogens is 208 g/mol. The average Bonchev–Trinajstić information content (AvgIpc) is 2.75. The van der Waals surface area contributed by atoms with Crippen molar-refractivity contribution in [3.63, 3.8) is 0 Å². The first kappa shape index (κ1) is 9.60. The largest absolute Gasteiger partial charge is 0.480 e. The summed E-state index contributed by atoms with van der Waals surface area (Å²) in [5, 5.41) is 12.5. The van der Waals surface area contributed by atoms with E-state index in [0.29, 0.717) is 18.9 Å². The second kappa shape index (κ2) is 4.05. The van der Waals surface area contributed by atoms with Gasteiger partial charge < -0.3 is 14.0 Å². The van der Waals surface area contributed by atoms with Crippen LogP contribution in [0.15, 0.2) is 5.10 Å². The van der Waals surface area contributed by atoms with Gasteiger partial charge in [-0.1, -0.05) is 0 Å². The minimum atomic E-state index is -0.914. The highest BCUT2D eigenvalue weighted by Crippen LogP contribution is 2.26. The van der Waals surface area contributed by atoms with Crippen molar-refractivity contribution in [3.8, 4) is 0 Å². The number of rotatable bonds is 2. The van der Waals surface area contributed by atoms with Crippen LogP contribution < -0.4 is 5.43 Å². The van der Waals surface area contributed by atoms with E-state index in [0.717, 1.165) is 6.42 Å². The van der Waals surface area contributed by atoms with Crippen LogP contribution in [0.1, 0.15) is 12.8 Å². The Kier molecular flexibility index (Phi) is 2.78. The van der Waals surface area contributed by atoms with E-state index in [-0.39, 0.29) is 5.44 Å². The fraction of sp³-hybridized carbons (Fsp3) is 0.714. The van der Waals surface area contributed by atoms with Crippen molar-refractivity contribution in [2.75, 3.05) is 6.61 Å². The van der Waals surface area contributed by atoms with E-state index in [1.807, 2.05) is 0 Å². The Morgan fingerprint density at radius 1 is 1.79 bits per heavy atom. The zero-order valence-corrected chi connectivity index (χ0v) is 8.12. The van der Waals surface area contributed by atoms with Gasteiger partial charge in [-0.05, 0) is 0 Å². The molecule has 0 bridgehead atoms. The second-order valence-electron chi connectivity index (χ2n) is 2.98. The van der Waals surface area contributed by atoms with Gasteiger partial charge in [-0.3, -0.25) is 5.43 Å². The normalized spacial score (nSPS) is 31.0.